The van der Waals surface area contributed by atoms with Gasteiger partial charge in [0.1, 0.15) is 4.88 Å². The summed E-state index contributed by atoms with van der Waals surface area (Å²) in [5, 5.41) is 4.44. The number of esters is 1. The molecule has 0 aromatic carbocycles. The lowest BCUT2D eigenvalue weighted by molar-refractivity contribution is 0.0607. The topological polar surface area (TPSA) is 64.3 Å². The molecule has 0 atom stereocenters. The van der Waals surface area contributed by atoms with Crippen LogP contribution in [0.1, 0.15) is 42.3 Å². The summed E-state index contributed by atoms with van der Waals surface area (Å²) in [6, 6.07) is 2.33. The van der Waals surface area contributed by atoms with Gasteiger partial charge in [0.25, 0.3) is 0 Å². The van der Waals surface area contributed by atoms with Gasteiger partial charge in [-0.15, -0.1) is 11.3 Å². The van der Waals surface area contributed by atoms with Gasteiger partial charge in [-0.2, -0.15) is 0 Å². The molecule has 0 aliphatic heterocycles. The van der Waals surface area contributed by atoms with Gasteiger partial charge in [0.15, 0.2) is 0 Å². The first-order valence-electron chi connectivity index (χ1n) is 6.34. The predicted molar refractivity (Wildman–Crippen MR) is 75.1 cm³/mol. The third-order valence-corrected chi connectivity index (χ3v) is 4.56. The van der Waals surface area contributed by atoms with Crippen LogP contribution in [0.3, 0.4) is 0 Å². The first-order valence-corrected chi connectivity index (χ1v) is 7.16. The van der Waals surface area contributed by atoms with Crippen LogP contribution < -0.4 is 11.1 Å². The SMILES string of the molecule is COC(=O)c1sc(NC2CCC(C)CC2)cc1N. The third kappa shape index (κ3) is 2.96. The van der Waals surface area contributed by atoms with Crippen LogP contribution in [0.15, 0.2) is 6.07 Å². The molecule has 1 aliphatic rings. The number of anilines is 2. The summed E-state index contributed by atoms with van der Waals surface area (Å²) in [4.78, 5) is 12.0. The quantitative estimate of drug-likeness (QED) is 0.827. The fraction of sp³-hybridized carbons (Fsp3) is 0.615. The zero-order valence-corrected chi connectivity index (χ0v) is 11.7. The second kappa shape index (κ2) is 5.61. The van der Waals surface area contributed by atoms with E-state index in [1.807, 2.05) is 6.07 Å². The smallest absolute Gasteiger partial charge is 0.350 e. The molecule has 3 N–H and O–H groups in total. The molecule has 0 saturated heterocycles. The highest BCUT2D eigenvalue weighted by Crippen LogP contribution is 2.33. The van der Waals surface area contributed by atoms with Crippen molar-refractivity contribution in [3.8, 4) is 0 Å². The van der Waals surface area contributed by atoms with Crippen molar-refractivity contribution in [2.24, 2.45) is 5.92 Å². The maximum atomic E-state index is 11.5. The molecule has 18 heavy (non-hydrogen) atoms. The fourth-order valence-electron chi connectivity index (χ4n) is 2.33. The lowest BCUT2D eigenvalue weighted by Gasteiger charge is -2.27. The van der Waals surface area contributed by atoms with E-state index in [1.165, 1.54) is 44.1 Å². The van der Waals surface area contributed by atoms with Crippen molar-refractivity contribution >= 4 is 28.0 Å². The summed E-state index contributed by atoms with van der Waals surface area (Å²) in [6.45, 7) is 2.30. The van der Waals surface area contributed by atoms with Crippen molar-refractivity contribution in [1.82, 2.24) is 0 Å². The van der Waals surface area contributed by atoms with Crippen molar-refractivity contribution in [1.29, 1.82) is 0 Å². The fourth-order valence-corrected chi connectivity index (χ4v) is 3.31. The summed E-state index contributed by atoms with van der Waals surface area (Å²) in [6.07, 6.45) is 4.91. The molecule has 1 aromatic rings. The van der Waals surface area contributed by atoms with E-state index in [0.29, 0.717) is 16.6 Å². The molecule has 100 valence electrons. The number of hydrogen-bond donors (Lipinski definition) is 2. The Kier molecular flexibility index (Phi) is 4.11. The molecule has 0 bridgehead atoms. The van der Waals surface area contributed by atoms with Crippen LogP contribution in [0.2, 0.25) is 0 Å². The summed E-state index contributed by atoms with van der Waals surface area (Å²) in [7, 11) is 1.37. The Morgan fingerprint density at radius 1 is 1.44 bits per heavy atom. The standard InChI is InChI=1S/C13H20N2O2S/c1-8-3-5-9(6-4-8)15-11-7-10(14)12(18-11)13(16)17-2/h7-9,15H,3-6,14H2,1-2H3. The van der Waals surface area contributed by atoms with Gasteiger partial charge >= 0.3 is 5.97 Å². The number of methoxy groups -OCH3 is 1. The Bertz CT molecular complexity index is 423. The number of carbonyl (C=O) groups is 1. The molecular formula is C13H20N2O2S. The number of nitrogens with one attached hydrogen (secondary N) is 1. The molecule has 4 nitrogen and oxygen atoms in total. The second-order valence-corrected chi connectivity index (χ2v) is 6.04. The van der Waals surface area contributed by atoms with E-state index in [-0.39, 0.29) is 5.97 Å². The van der Waals surface area contributed by atoms with Gasteiger partial charge in [-0.25, -0.2) is 4.79 Å². The highest BCUT2D eigenvalue weighted by Gasteiger charge is 2.20. The summed E-state index contributed by atoms with van der Waals surface area (Å²) < 4.78 is 4.70. The molecular weight excluding hydrogens is 248 g/mol. The number of rotatable bonds is 3. The molecule has 2 rings (SSSR count). The van der Waals surface area contributed by atoms with E-state index >= 15 is 0 Å². The molecule has 1 aromatic heterocycles. The summed E-state index contributed by atoms with van der Waals surface area (Å²) in [5.74, 6) is 0.477. The maximum absolute atomic E-state index is 11.5. The Labute approximate surface area is 112 Å². The minimum atomic E-state index is -0.359. The van der Waals surface area contributed by atoms with Crippen molar-refractivity contribution < 1.29 is 9.53 Å². The first-order chi connectivity index (χ1) is 8.60. The minimum absolute atomic E-state index is 0.359. The number of hydrogen-bond acceptors (Lipinski definition) is 5. The highest BCUT2D eigenvalue weighted by atomic mass is 32.1. The highest BCUT2D eigenvalue weighted by molar-refractivity contribution is 7.18. The Hall–Kier alpha value is -1.23. The van der Waals surface area contributed by atoms with Gasteiger partial charge in [-0.3, -0.25) is 0 Å². The van der Waals surface area contributed by atoms with Crippen LogP contribution in [0, 0.1) is 5.92 Å². The lowest BCUT2D eigenvalue weighted by Crippen LogP contribution is -2.24. The van der Waals surface area contributed by atoms with Gasteiger partial charge in [0, 0.05) is 6.04 Å². The van der Waals surface area contributed by atoms with Crippen LogP contribution in [0.5, 0.6) is 0 Å². The number of nitrogens with two attached hydrogens (primary N) is 1. The molecule has 0 unspecified atom stereocenters. The average molecular weight is 268 g/mol. The van der Waals surface area contributed by atoms with Crippen LogP contribution in [0.25, 0.3) is 0 Å². The first kappa shape index (κ1) is 13.2. The van der Waals surface area contributed by atoms with Crippen molar-refractivity contribution in [2.75, 3.05) is 18.2 Å². The molecule has 1 fully saturated rings. The largest absolute Gasteiger partial charge is 0.465 e. The predicted octanol–water partition coefficient (Wildman–Crippen LogP) is 3.11. The van der Waals surface area contributed by atoms with Gasteiger partial charge < -0.3 is 15.8 Å². The van der Waals surface area contributed by atoms with Crippen molar-refractivity contribution in [3.05, 3.63) is 10.9 Å². The van der Waals surface area contributed by atoms with E-state index in [9.17, 15) is 4.79 Å². The van der Waals surface area contributed by atoms with Crippen LogP contribution in [-0.2, 0) is 4.74 Å². The molecule has 1 aliphatic carbocycles. The van der Waals surface area contributed by atoms with Gasteiger partial charge in [0.05, 0.1) is 17.8 Å². The zero-order valence-electron chi connectivity index (χ0n) is 10.9. The molecule has 5 heteroatoms. The van der Waals surface area contributed by atoms with Crippen LogP contribution in [-0.4, -0.2) is 19.1 Å². The zero-order chi connectivity index (χ0) is 13.1. The second-order valence-electron chi connectivity index (χ2n) is 4.99. The molecule has 0 spiro atoms. The van der Waals surface area contributed by atoms with E-state index in [4.69, 9.17) is 10.5 Å². The number of thiophene rings is 1. The van der Waals surface area contributed by atoms with Gasteiger partial charge in [-0.05, 0) is 37.7 Å². The van der Waals surface area contributed by atoms with E-state index < -0.39 is 0 Å². The minimum Gasteiger partial charge on any atom is -0.465 e. The van der Waals surface area contributed by atoms with Crippen LogP contribution >= 0.6 is 11.3 Å². The maximum Gasteiger partial charge on any atom is 0.350 e. The Morgan fingerprint density at radius 3 is 2.72 bits per heavy atom. The summed E-state index contributed by atoms with van der Waals surface area (Å²) >= 11 is 1.38. The Morgan fingerprint density at radius 2 is 2.11 bits per heavy atom. The van der Waals surface area contributed by atoms with E-state index in [0.717, 1.165) is 10.9 Å². The van der Waals surface area contributed by atoms with Crippen molar-refractivity contribution in [3.63, 3.8) is 0 Å². The van der Waals surface area contributed by atoms with E-state index in [1.54, 1.807) is 0 Å². The molecule has 1 saturated carbocycles. The summed E-state index contributed by atoms with van der Waals surface area (Å²) in [5.41, 5.74) is 6.31. The average Bonchev–Trinajstić information content (AvgIpc) is 2.72. The molecule has 0 radical (unpaired) electrons. The van der Waals surface area contributed by atoms with Crippen LogP contribution in [0.4, 0.5) is 10.7 Å². The Balaban J connectivity index is 2.00. The van der Waals surface area contributed by atoms with Crippen molar-refractivity contribution in [2.45, 2.75) is 38.6 Å². The van der Waals surface area contributed by atoms with Gasteiger partial charge in [-0.1, -0.05) is 6.92 Å². The lowest BCUT2D eigenvalue weighted by atomic mass is 9.87. The monoisotopic (exact) mass is 268 g/mol. The number of nitrogen functional groups attached to an aromatic ring is 1. The number of ether oxygens (including phenoxy) is 1. The molecule has 0 amide bonds. The molecule has 1 heterocycles. The third-order valence-electron chi connectivity index (χ3n) is 3.49. The van der Waals surface area contributed by atoms with Gasteiger partial charge in [0.2, 0.25) is 0 Å². The normalized spacial score (nSPS) is 23.7. The van der Waals surface area contributed by atoms with E-state index in [2.05, 4.69) is 12.2 Å². The number of carbonyl (C=O) groups excluding carboxylic acids is 1.